The van der Waals surface area contributed by atoms with Gasteiger partial charge in [-0.2, -0.15) is 0 Å². The largest absolute Gasteiger partial charge is 0.476 e. The minimum atomic E-state index is -1.17. The first-order valence-electron chi connectivity index (χ1n) is 8.20. The van der Waals surface area contributed by atoms with E-state index >= 15 is 0 Å². The molecule has 0 radical (unpaired) electrons. The fraction of sp³-hybridized carbons (Fsp3) is 0.471. The Labute approximate surface area is 151 Å². The number of carboxylic acids is 1. The molecule has 0 spiro atoms. The lowest BCUT2D eigenvalue weighted by Crippen LogP contribution is -2.34. The lowest BCUT2D eigenvalue weighted by molar-refractivity contribution is 0.0528. The van der Waals surface area contributed by atoms with E-state index in [1.807, 2.05) is 19.1 Å². The summed E-state index contributed by atoms with van der Waals surface area (Å²) in [5.74, 6) is -1.17. The van der Waals surface area contributed by atoms with E-state index in [9.17, 15) is 14.7 Å². The molecule has 2 aromatic heterocycles. The van der Waals surface area contributed by atoms with Crippen LogP contribution in [0.3, 0.4) is 0 Å². The maximum atomic E-state index is 11.7. The van der Waals surface area contributed by atoms with Crippen LogP contribution in [0.1, 0.15) is 48.2 Å². The molecule has 0 saturated heterocycles. The van der Waals surface area contributed by atoms with Gasteiger partial charge in [0, 0.05) is 19.2 Å². The second kappa shape index (κ2) is 7.94. The van der Waals surface area contributed by atoms with Crippen LogP contribution in [-0.2, 0) is 17.7 Å². The highest BCUT2D eigenvalue weighted by atomic mass is 16.6. The van der Waals surface area contributed by atoms with Crippen LogP contribution in [0.15, 0.2) is 18.3 Å². The molecule has 140 valence electrons. The van der Waals surface area contributed by atoms with Gasteiger partial charge in [0.05, 0.1) is 17.9 Å². The van der Waals surface area contributed by atoms with Crippen molar-refractivity contribution in [1.29, 1.82) is 0 Å². The fourth-order valence-electron chi connectivity index (χ4n) is 2.30. The van der Waals surface area contributed by atoms with Gasteiger partial charge < -0.3 is 15.2 Å². The highest BCUT2D eigenvalue weighted by Gasteiger charge is 2.20. The lowest BCUT2D eigenvalue weighted by atomic mass is 10.2. The molecule has 2 heterocycles. The molecule has 0 aliphatic heterocycles. The van der Waals surface area contributed by atoms with E-state index < -0.39 is 17.7 Å². The number of aromatic nitrogens is 4. The first-order valence-corrected chi connectivity index (χ1v) is 8.20. The van der Waals surface area contributed by atoms with Crippen molar-refractivity contribution in [3.63, 3.8) is 0 Å². The van der Waals surface area contributed by atoms with Crippen molar-refractivity contribution in [2.24, 2.45) is 0 Å². The number of hydrogen-bond acceptors (Lipinski definition) is 6. The monoisotopic (exact) mass is 361 g/mol. The topological polar surface area (TPSA) is 119 Å². The van der Waals surface area contributed by atoms with Crippen LogP contribution in [0.2, 0.25) is 0 Å². The van der Waals surface area contributed by atoms with Crippen LogP contribution in [0.5, 0.6) is 0 Å². The number of alkyl carbamates (subject to hydrolysis) is 1. The summed E-state index contributed by atoms with van der Waals surface area (Å²) in [7, 11) is 0. The van der Waals surface area contributed by atoms with Crippen molar-refractivity contribution in [2.75, 3.05) is 6.54 Å². The maximum Gasteiger partial charge on any atom is 0.407 e. The normalized spacial score (nSPS) is 11.2. The van der Waals surface area contributed by atoms with Crippen molar-refractivity contribution in [3.05, 3.63) is 41.0 Å². The van der Waals surface area contributed by atoms with Gasteiger partial charge in [0.2, 0.25) is 0 Å². The Morgan fingerprint density at radius 1 is 1.35 bits per heavy atom. The Morgan fingerprint density at radius 2 is 2.08 bits per heavy atom. The zero-order valence-corrected chi connectivity index (χ0v) is 15.3. The molecule has 2 aromatic rings. The average Bonchev–Trinajstić information content (AvgIpc) is 2.91. The number of carboxylic acid groups (broad SMARTS) is 1. The van der Waals surface area contributed by atoms with Gasteiger partial charge in [-0.05, 0) is 39.3 Å². The smallest absolute Gasteiger partial charge is 0.407 e. The van der Waals surface area contributed by atoms with Gasteiger partial charge in [-0.3, -0.25) is 4.98 Å². The molecule has 9 heteroatoms. The second-order valence-corrected chi connectivity index (χ2v) is 6.79. The number of nitrogens with zero attached hydrogens (tertiary/aromatic N) is 4. The predicted octanol–water partition coefficient (Wildman–Crippen LogP) is 1.80. The van der Waals surface area contributed by atoms with E-state index in [1.165, 1.54) is 4.68 Å². The molecular formula is C17H23N5O4. The van der Waals surface area contributed by atoms with Crippen molar-refractivity contribution in [1.82, 2.24) is 25.3 Å². The van der Waals surface area contributed by atoms with Gasteiger partial charge >= 0.3 is 12.1 Å². The van der Waals surface area contributed by atoms with Crippen molar-refractivity contribution < 1.29 is 19.4 Å². The minimum absolute atomic E-state index is 0.135. The molecule has 0 fully saturated rings. The first kappa shape index (κ1) is 19.4. The summed E-state index contributed by atoms with van der Waals surface area (Å²) < 4.78 is 6.66. The van der Waals surface area contributed by atoms with Gasteiger partial charge in [0.1, 0.15) is 5.60 Å². The van der Waals surface area contributed by atoms with E-state index in [1.54, 1.807) is 27.0 Å². The zero-order chi connectivity index (χ0) is 19.3. The van der Waals surface area contributed by atoms with Crippen LogP contribution in [-0.4, -0.2) is 49.3 Å². The Morgan fingerprint density at radius 3 is 2.69 bits per heavy atom. The number of aryl methyl sites for hydroxylation is 1. The zero-order valence-electron chi connectivity index (χ0n) is 15.3. The molecule has 9 nitrogen and oxygen atoms in total. The third kappa shape index (κ3) is 5.27. The van der Waals surface area contributed by atoms with E-state index in [4.69, 9.17) is 4.74 Å². The van der Waals surface area contributed by atoms with Crippen LogP contribution >= 0.6 is 0 Å². The summed E-state index contributed by atoms with van der Waals surface area (Å²) in [5.41, 5.74) is 1.42. The van der Waals surface area contributed by atoms with Crippen LogP contribution < -0.4 is 5.32 Å². The second-order valence-electron chi connectivity index (χ2n) is 6.79. The average molecular weight is 361 g/mol. The Balaban J connectivity index is 2.11. The number of amides is 1. The van der Waals surface area contributed by atoms with Gasteiger partial charge in [-0.15, -0.1) is 5.10 Å². The van der Waals surface area contributed by atoms with Gasteiger partial charge in [0.25, 0.3) is 0 Å². The Bertz CT molecular complexity index is 795. The summed E-state index contributed by atoms with van der Waals surface area (Å²) in [5, 5.41) is 19.6. The van der Waals surface area contributed by atoms with Crippen LogP contribution in [0.4, 0.5) is 4.79 Å². The van der Waals surface area contributed by atoms with Crippen molar-refractivity contribution in [3.8, 4) is 0 Å². The van der Waals surface area contributed by atoms with E-state index in [0.717, 1.165) is 11.3 Å². The highest BCUT2D eigenvalue weighted by molar-refractivity contribution is 5.86. The van der Waals surface area contributed by atoms with Gasteiger partial charge in [0.15, 0.2) is 5.69 Å². The number of nitrogens with one attached hydrogen (secondary N) is 1. The first-order chi connectivity index (χ1) is 12.2. The quantitative estimate of drug-likeness (QED) is 0.805. The number of hydrogen-bond donors (Lipinski definition) is 2. The van der Waals surface area contributed by atoms with Crippen LogP contribution in [0.25, 0.3) is 0 Å². The number of carbonyl (C=O) groups excluding carboxylic acids is 1. The summed E-state index contributed by atoms with van der Waals surface area (Å²) in [6, 6.07) is 3.75. The molecule has 26 heavy (non-hydrogen) atoms. The number of pyridine rings is 1. The molecule has 0 bridgehead atoms. The van der Waals surface area contributed by atoms with E-state index in [0.29, 0.717) is 12.2 Å². The fourth-order valence-corrected chi connectivity index (χ4v) is 2.30. The molecule has 0 aromatic carbocycles. The lowest BCUT2D eigenvalue weighted by Gasteiger charge is -2.19. The standard InChI is InChI=1S/C17H23N5O4/c1-11-6-5-8-18-12(11)10-22-13(14(15(23)24)20-21-22)7-9-19-16(25)26-17(2,3)4/h5-6,8H,7,9-10H2,1-4H3,(H,19,25)(H,23,24). The maximum absolute atomic E-state index is 11.7. The van der Waals surface area contributed by atoms with E-state index in [-0.39, 0.29) is 18.7 Å². The SMILES string of the molecule is Cc1cccnc1Cn1nnc(C(=O)O)c1CCNC(=O)OC(C)(C)C. The molecule has 0 aliphatic carbocycles. The minimum Gasteiger partial charge on any atom is -0.476 e. The van der Waals surface area contributed by atoms with Gasteiger partial charge in [-0.1, -0.05) is 11.3 Å². The van der Waals surface area contributed by atoms with Crippen molar-refractivity contribution in [2.45, 2.75) is 46.3 Å². The van der Waals surface area contributed by atoms with Crippen LogP contribution in [0, 0.1) is 6.92 Å². The number of carbonyl (C=O) groups is 2. The third-order valence-corrected chi connectivity index (χ3v) is 3.49. The highest BCUT2D eigenvalue weighted by Crippen LogP contribution is 2.12. The number of aromatic carboxylic acids is 1. The van der Waals surface area contributed by atoms with E-state index in [2.05, 4.69) is 20.6 Å². The number of ether oxygens (including phenoxy) is 1. The Kier molecular flexibility index (Phi) is 5.91. The summed E-state index contributed by atoms with van der Waals surface area (Å²) >= 11 is 0. The number of rotatable bonds is 6. The summed E-state index contributed by atoms with van der Waals surface area (Å²) in [6.45, 7) is 7.72. The van der Waals surface area contributed by atoms with Gasteiger partial charge in [-0.25, -0.2) is 14.3 Å². The molecule has 0 atom stereocenters. The molecule has 1 amide bonds. The molecule has 0 saturated carbocycles. The molecule has 0 unspecified atom stereocenters. The molecule has 2 rings (SSSR count). The molecular weight excluding hydrogens is 338 g/mol. The van der Waals surface area contributed by atoms with Crippen molar-refractivity contribution >= 4 is 12.1 Å². The summed E-state index contributed by atoms with van der Waals surface area (Å²) in [4.78, 5) is 27.4. The Hall–Kier alpha value is -2.97. The third-order valence-electron chi connectivity index (χ3n) is 3.49. The molecule has 0 aliphatic rings. The predicted molar refractivity (Wildman–Crippen MR) is 93.0 cm³/mol. The summed E-state index contributed by atoms with van der Waals surface area (Å²) in [6.07, 6.45) is 1.36. The molecule has 2 N–H and O–H groups in total.